The zero-order chi connectivity index (χ0) is 17.1. The first-order valence-corrected chi connectivity index (χ1v) is 7.21. The second kappa shape index (κ2) is 6.37. The molecule has 0 N–H and O–H groups in total. The van der Waals surface area contributed by atoms with E-state index < -0.39 is 10.9 Å². The molecule has 6 heteroatoms. The fraction of sp³-hybridized carbons (Fsp3) is 0.0556. The van der Waals surface area contributed by atoms with Crippen LogP contribution in [-0.2, 0) is 4.74 Å². The SMILES string of the molecule is COC(=O)c1cc(-c2ccccc2)cn1-c1ccccc1[N+](=O)[O-]. The lowest BCUT2D eigenvalue weighted by molar-refractivity contribution is -0.384. The molecule has 0 bridgehead atoms. The third-order valence-electron chi connectivity index (χ3n) is 3.66. The summed E-state index contributed by atoms with van der Waals surface area (Å²) < 4.78 is 6.31. The second-order valence-electron chi connectivity index (χ2n) is 5.09. The Kier molecular flexibility index (Phi) is 4.11. The summed E-state index contributed by atoms with van der Waals surface area (Å²) in [5, 5.41) is 11.3. The molecule has 0 fully saturated rings. The summed E-state index contributed by atoms with van der Waals surface area (Å²) in [6.45, 7) is 0. The summed E-state index contributed by atoms with van der Waals surface area (Å²) in [6.07, 6.45) is 1.70. The molecule has 0 unspecified atom stereocenters. The van der Waals surface area contributed by atoms with Gasteiger partial charge >= 0.3 is 5.97 Å². The summed E-state index contributed by atoms with van der Waals surface area (Å²) in [6, 6.07) is 17.4. The predicted molar refractivity (Wildman–Crippen MR) is 89.2 cm³/mol. The van der Waals surface area contributed by atoms with Gasteiger partial charge in [0.2, 0.25) is 0 Å². The lowest BCUT2D eigenvalue weighted by Crippen LogP contribution is -2.09. The van der Waals surface area contributed by atoms with Crippen molar-refractivity contribution in [3.63, 3.8) is 0 Å². The van der Waals surface area contributed by atoms with Crippen LogP contribution >= 0.6 is 0 Å². The molecule has 1 aromatic heterocycles. The molecule has 0 saturated heterocycles. The minimum atomic E-state index is -0.560. The van der Waals surface area contributed by atoms with Crippen molar-refractivity contribution in [2.24, 2.45) is 0 Å². The highest BCUT2D eigenvalue weighted by Crippen LogP contribution is 2.29. The third-order valence-corrected chi connectivity index (χ3v) is 3.66. The molecular weight excluding hydrogens is 308 g/mol. The summed E-state index contributed by atoms with van der Waals surface area (Å²) in [4.78, 5) is 22.9. The highest BCUT2D eigenvalue weighted by Gasteiger charge is 2.21. The standard InChI is InChI=1S/C18H14N2O4/c1-24-18(21)17-11-14(13-7-3-2-4-8-13)12-19(17)15-9-5-6-10-16(15)20(22)23/h2-12H,1H3. The molecule has 0 aliphatic heterocycles. The molecule has 0 aliphatic carbocycles. The summed E-state index contributed by atoms with van der Waals surface area (Å²) in [7, 11) is 1.28. The van der Waals surface area contributed by atoms with Crippen molar-refractivity contribution >= 4 is 11.7 Å². The predicted octanol–water partition coefficient (Wildman–Crippen LogP) is 3.84. The zero-order valence-corrected chi connectivity index (χ0v) is 12.9. The van der Waals surface area contributed by atoms with Crippen molar-refractivity contribution in [2.45, 2.75) is 0 Å². The van der Waals surface area contributed by atoms with E-state index >= 15 is 0 Å². The van der Waals surface area contributed by atoms with E-state index in [-0.39, 0.29) is 11.4 Å². The van der Waals surface area contributed by atoms with Gasteiger partial charge in [-0.05, 0) is 17.7 Å². The molecule has 0 amide bonds. The molecule has 1 heterocycles. The number of methoxy groups -OCH3 is 1. The number of aromatic nitrogens is 1. The van der Waals surface area contributed by atoms with Gasteiger partial charge in [0.25, 0.3) is 5.69 Å². The van der Waals surface area contributed by atoms with Gasteiger partial charge in [0, 0.05) is 17.8 Å². The van der Waals surface area contributed by atoms with Gasteiger partial charge in [-0.1, -0.05) is 42.5 Å². The van der Waals surface area contributed by atoms with Gasteiger partial charge in [0.15, 0.2) is 0 Å². The smallest absolute Gasteiger partial charge is 0.355 e. The lowest BCUT2D eigenvalue weighted by atomic mass is 10.1. The van der Waals surface area contributed by atoms with Crippen LogP contribution in [0.15, 0.2) is 66.9 Å². The van der Waals surface area contributed by atoms with E-state index in [1.807, 2.05) is 30.3 Å². The second-order valence-corrected chi connectivity index (χ2v) is 5.09. The molecule has 120 valence electrons. The van der Waals surface area contributed by atoms with Crippen LogP contribution in [0.2, 0.25) is 0 Å². The Hall–Kier alpha value is -3.41. The first kappa shape index (κ1) is 15.5. The number of ether oxygens (including phenoxy) is 1. The average Bonchev–Trinajstić information content (AvgIpc) is 3.07. The fourth-order valence-electron chi connectivity index (χ4n) is 2.53. The van der Waals surface area contributed by atoms with Crippen LogP contribution in [0, 0.1) is 10.1 Å². The summed E-state index contributed by atoms with van der Waals surface area (Å²) in [5.41, 5.74) is 2.13. The highest BCUT2D eigenvalue weighted by atomic mass is 16.6. The van der Waals surface area contributed by atoms with E-state index in [1.54, 1.807) is 30.5 Å². The number of rotatable bonds is 4. The van der Waals surface area contributed by atoms with Gasteiger partial charge in [0.05, 0.1) is 12.0 Å². The van der Waals surface area contributed by atoms with E-state index in [2.05, 4.69) is 0 Å². The lowest BCUT2D eigenvalue weighted by Gasteiger charge is -2.08. The van der Waals surface area contributed by atoms with Crippen LogP contribution in [0.25, 0.3) is 16.8 Å². The molecule has 6 nitrogen and oxygen atoms in total. The molecule has 2 aromatic carbocycles. The molecule has 3 aromatic rings. The maximum atomic E-state index is 12.1. The normalized spacial score (nSPS) is 10.4. The van der Waals surface area contributed by atoms with Crippen molar-refractivity contribution in [2.75, 3.05) is 7.11 Å². The quantitative estimate of drug-likeness (QED) is 0.415. The number of benzene rings is 2. The molecule has 0 atom stereocenters. The minimum absolute atomic E-state index is 0.0853. The monoisotopic (exact) mass is 322 g/mol. The Morgan fingerprint density at radius 1 is 1.04 bits per heavy atom. The van der Waals surface area contributed by atoms with Gasteiger partial charge in [-0.2, -0.15) is 0 Å². The van der Waals surface area contributed by atoms with Crippen LogP contribution in [0.1, 0.15) is 10.5 Å². The molecular formula is C18H14N2O4. The number of nitro benzene ring substituents is 1. The maximum Gasteiger partial charge on any atom is 0.355 e. The number of nitro groups is 1. The fourth-order valence-corrected chi connectivity index (χ4v) is 2.53. The van der Waals surface area contributed by atoms with Gasteiger partial charge in [-0.15, -0.1) is 0 Å². The van der Waals surface area contributed by atoms with Crippen LogP contribution in [-0.4, -0.2) is 22.6 Å². The number of carbonyl (C=O) groups excluding carboxylic acids is 1. The van der Waals surface area contributed by atoms with E-state index in [4.69, 9.17) is 4.74 Å². The number of carbonyl (C=O) groups is 1. The molecule has 0 spiro atoms. The number of hydrogen-bond donors (Lipinski definition) is 0. The van der Waals surface area contributed by atoms with Crippen molar-refractivity contribution in [3.8, 4) is 16.8 Å². The highest BCUT2D eigenvalue weighted by molar-refractivity contribution is 5.91. The Balaban J connectivity index is 2.22. The number of hydrogen-bond acceptors (Lipinski definition) is 4. The number of para-hydroxylation sites is 2. The van der Waals surface area contributed by atoms with Crippen molar-refractivity contribution in [1.29, 1.82) is 0 Å². The van der Waals surface area contributed by atoms with Gasteiger partial charge in [-0.3, -0.25) is 10.1 Å². The van der Waals surface area contributed by atoms with Gasteiger partial charge < -0.3 is 9.30 Å². The summed E-state index contributed by atoms with van der Waals surface area (Å²) >= 11 is 0. The molecule has 24 heavy (non-hydrogen) atoms. The van der Waals surface area contributed by atoms with Crippen LogP contribution < -0.4 is 0 Å². The Labute approximate surface area is 138 Å². The summed E-state index contributed by atoms with van der Waals surface area (Å²) in [5.74, 6) is -0.560. The largest absolute Gasteiger partial charge is 0.464 e. The number of esters is 1. The van der Waals surface area contributed by atoms with E-state index in [9.17, 15) is 14.9 Å². The van der Waals surface area contributed by atoms with Crippen molar-refractivity contribution < 1.29 is 14.5 Å². The molecule has 0 saturated carbocycles. The van der Waals surface area contributed by atoms with E-state index in [0.717, 1.165) is 11.1 Å². The molecule has 0 aliphatic rings. The van der Waals surface area contributed by atoms with Crippen LogP contribution in [0.4, 0.5) is 5.69 Å². The molecule has 0 radical (unpaired) electrons. The number of nitrogens with zero attached hydrogens (tertiary/aromatic N) is 2. The van der Waals surface area contributed by atoms with Crippen LogP contribution in [0.5, 0.6) is 0 Å². The minimum Gasteiger partial charge on any atom is -0.464 e. The van der Waals surface area contributed by atoms with Gasteiger partial charge in [0.1, 0.15) is 11.4 Å². The maximum absolute atomic E-state index is 12.1. The third kappa shape index (κ3) is 2.77. The zero-order valence-electron chi connectivity index (χ0n) is 12.9. The van der Waals surface area contributed by atoms with Gasteiger partial charge in [-0.25, -0.2) is 4.79 Å². The topological polar surface area (TPSA) is 74.4 Å². The van der Waals surface area contributed by atoms with Crippen LogP contribution in [0.3, 0.4) is 0 Å². The Morgan fingerprint density at radius 2 is 1.71 bits per heavy atom. The molecule has 3 rings (SSSR count). The van der Waals surface area contributed by atoms with E-state index in [1.165, 1.54) is 17.7 Å². The van der Waals surface area contributed by atoms with Crippen molar-refractivity contribution in [3.05, 3.63) is 82.7 Å². The van der Waals surface area contributed by atoms with Crippen molar-refractivity contribution in [1.82, 2.24) is 4.57 Å². The first-order chi connectivity index (χ1) is 11.6. The van der Waals surface area contributed by atoms with E-state index in [0.29, 0.717) is 5.69 Å². The average molecular weight is 322 g/mol. The first-order valence-electron chi connectivity index (χ1n) is 7.21. The Morgan fingerprint density at radius 3 is 2.38 bits per heavy atom. The Bertz CT molecular complexity index is 900.